The summed E-state index contributed by atoms with van der Waals surface area (Å²) in [5.41, 5.74) is 2.16. The molecule has 0 bridgehead atoms. The van der Waals surface area contributed by atoms with Crippen molar-refractivity contribution in [2.45, 2.75) is 13.0 Å². The summed E-state index contributed by atoms with van der Waals surface area (Å²) >= 11 is 12.1. The summed E-state index contributed by atoms with van der Waals surface area (Å²) in [7, 11) is 0. The molecule has 3 aromatic carbocycles. The molecule has 34 heavy (non-hydrogen) atoms. The number of aliphatic carboxylic acids is 1. The molecular formula is C24H18Cl2N2O6. The first kappa shape index (κ1) is 23.4. The van der Waals surface area contributed by atoms with Crippen LogP contribution in [0.25, 0.3) is 22.6 Å². The normalized spacial score (nSPS) is 11.7. The number of hydrogen-bond donors (Lipinski definition) is 2. The lowest BCUT2D eigenvalue weighted by molar-refractivity contribution is -0.139. The summed E-state index contributed by atoms with van der Waals surface area (Å²) in [5.74, 6) is -0.446. The summed E-state index contributed by atoms with van der Waals surface area (Å²) in [6.45, 7) is 1.14. The first-order chi connectivity index (χ1) is 16.3. The number of fused-ring (bicyclic) bond motifs is 1. The Kier molecular flexibility index (Phi) is 6.90. The molecule has 0 radical (unpaired) electrons. The fourth-order valence-corrected chi connectivity index (χ4v) is 3.39. The van der Waals surface area contributed by atoms with Crippen LogP contribution in [-0.4, -0.2) is 34.7 Å². The molecule has 0 aliphatic rings. The number of benzene rings is 3. The number of halogens is 2. The van der Waals surface area contributed by atoms with Crippen molar-refractivity contribution in [1.82, 2.24) is 4.98 Å². The number of carbonyl (C=O) groups excluding carboxylic acids is 1. The van der Waals surface area contributed by atoms with Gasteiger partial charge in [0, 0.05) is 11.3 Å². The van der Waals surface area contributed by atoms with Crippen molar-refractivity contribution in [3.05, 3.63) is 70.7 Å². The molecule has 1 amide bonds. The number of amides is 1. The van der Waals surface area contributed by atoms with Crippen LogP contribution >= 0.6 is 23.2 Å². The maximum atomic E-state index is 12.6. The van der Waals surface area contributed by atoms with Crippen LogP contribution in [-0.2, 0) is 9.59 Å². The number of carboxylic acids is 1. The van der Waals surface area contributed by atoms with Gasteiger partial charge >= 0.3 is 5.97 Å². The lowest BCUT2D eigenvalue weighted by atomic mass is 10.2. The quantitative estimate of drug-likeness (QED) is 0.320. The highest BCUT2D eigenvalue weighted by atomic mass is 35.5. The van der Waals surface area contributed by atoms with Crippen molar-refractivity contribution < 1.29 is 28.6 Å². The van der Waals surface area contributed by atoms with E-state index < -0.39 is 18.7 Å². The Morgan fingerprint density at radius 3 is 2.71 bits per heavy atom. The molecule has 0 unspecified atom stereocenters. The van der Waals surface area contributed by atoms with Crippen LogP contribution in [0.3, 0.4) is 0 Å². The maximum Gasteiger partial charge on any atom is 0.341 e. The van der Waals surface area contributed by atoms with E-state index in [-0.39, 0.29) is 10.9 Å². The van der Waals surface area contributed by atoms with E-state index in [1.165, 1.54) is 0 Å². The molecule has 4 rings (SSSR count). The topological polar surface area (TPSA) is 111 Å². The molecule has 1 aromatic heterocycles. The molecule has 0 spiro atoms. The molecule has 0 aliphatic carbocycles. The highest BCUT2D eigenvalue weighted by Crippen LogP contribution is 2.32. The molecule has 174 valence electrons. The van der Waals surface area contributed by atoms with Crippen LogP contribution in [0.15, 0.2) is 65.1 Å². The van der Waals surface area contributed by atoms with E-state index in [1.54, 1.807) is 67.6 Å². The summed E-state index contributed by atoms with van der Waals surface area (Å²) in [4.78, 5) is 27.8. The number of oxazole rings is 1. The molecule has 0 saturated carbocycles. The molecule has 0 saturated heterocycles. The predicted octanol–water partition coefficient (Wildman–Crippen LogP) is 5.67. The Bertz CT molecular complexity index is 1370. The summed E-state index contributed by atoms with van der Waals surface area (Å²) in [6, 6.07) is 16.7. The van der Waals surface area contributed by atoms with Gasteiger partial charge in [0.15, 0.2) is 18.3 Å². The summed E-state index contributed by atoms with van der Waals surface area (Å²) in [6.07, 6.45) is -0.840. The number of ether oxygens (including phenoxy) is 2. The minimum absolute atomic E-state index is 0.234. The molecule has 0 fully saturated rings. The van der Waals surface area contributed by atoms with E-state index >= 15 is 0 Å². The number of nitrogens with zero attached hydrogens (tertiary/aromatic N) is 1. The monoisotopic (exact) mass is 500 g/mol. The van der Waals surface area contributed by atoms with Gasteiger partial charge in [-0.05, 0) is 55.5 Å². The van der Waals surface area contributed by atoms with Crippen LogP contribution in [0.2, 0.25) is 10.0 Å². The van der Waals surface area contributed by atoms with Crippen LogP contribution in [0.4, 0.5) is 5.69 Å². The van der Waals surface area contributed by atoms with Crippen LogP contribution in [0.5, 0.6) is 11.5 Å². The van der Waals surface area contributed by atoms with Gasteiger partial charge in [-0.2, -0.15) is 0 Å². The Morgan fingerprint density at radius 1 is 1.12 bits per heavy atom. The third kappa shape index (κ3) is 5.41. The van der Waals surface area contributed by atoms with Crippen LogP contribution in [0.1, 0.15) is 6.92 Å². The van der Waals surface area contributed by atoms with Crippen molar-refractivity contribution in [3.8, 4) is 23.0 Å². The highest BCUT2D eigenvalue weighted by Gasteiger charge is 2.18. The van der Waals surface area contributed by atoms with Gasteiger partial charge in [-0.3, -0.25) is 4.79 Å². The van der Waals surface area contributed by atoms with E-state index in [1.807, 2.05) is 0 Å². The Balaban J connectivity index is 1.48. The zero-order valence-electron chi connectivity index (χ0n) is 17.7. The number of rotatable bonds is 8. The van der Waals surface area contributed by atoms with E-state index in [4.69, 9.17) is 42.2 Å². The van der Waals surface area contributed by atoms with Crippen molar-refractivity contribution in [2.24, 2.45) is 0 Å². The Hall–Kier alpha value is -3.75. The van der Waals surface area contributed by atoms with Crippen molar-refractivity contribution in [3.63, 3.8) is 0 Å². The number of carbonyl (C=O) groups is 2. The number of aromatic nitrogens is 1. The zero-order chi connectivity index (χ0) is 24.2. The van der Waals surface area contributed by atoms with Crippen LogP contribution in [0, 0.1) is 0 Å². The smallest absolute Gasteiger partial charge is 0.341 e. The second-order valence-electron chi connectivity index (χ2n) is 7.21. The molecule has 4 aromatic rings. The minimum Gasteiger partial charge on any atom is -0.482 e. The van der Waals surface area contributed by atoms with Gasteiger partial charge in [-0.1, -0.05) is 35.3 Å². The van der Waals surface area contributed by atoms with Gasteiger partial charge in [0.1, 0.15) is 22.0 Å². The maximum absolute atomic E-state index is 12.6. The number of nitrogens with one attached hydrogen (secondary N) is 1. The van der Waals surface area contributed by atoms with E-state index in [9.17, 15) is 9.59 Å². The van der Waals surface area contributed by atoms with E-state index in [0.717, 1.165) is 0 Å². The average molecular weight is 501 g/mol. The third-order valence-corrected chi connectivity index (χ3v) is 5.49. The largest absolute Gasteiger partial charge is 0.482 e. The molecule has 8 nitrogen and oxygen atoms in total. The summed E-state index contributed by atoms with van der Waals surface area (Å²) < 4.78 is 16.6. The van der Waals surface area contributed by atoms with Crippen molar-refractivity contribution in [2.75, 3.05) is 11.9 Å². The number of hydrogen-bond acceptors (Lipinski definition) is 6. The first-order valence-corrected chi connectivity index (χ1v) is 10.8. The molecule has 10 heteroatoms. The fourth-order valence-electron chi connectivity index (χ4n) is 3.06. The predicted molar refractivity (Wildman–Crippen MR) is 128 cm³/mol. The fraction of sp³-hybridized carbons (Fsp3) is 0.125. The lowest BCUT2D eigenvalue weighted by Gasteiger charge is -2.16. The van der Waals surface area contributed by atoms with Crippen LogP contribution < -0.4 is 14.8 Å². The van der Waals surface area contributed by atoms with E-state index in [2.05, 4.69) is 10.3 Å². The number of anilines is 1. The Morgan fingerprint density at radius 2 is 1.91 bits per heavy atom. The highest BCUT2D eigenvalue weighted by molar-refractivity contribution is 6.42. The van der Waals surface area contributed by atoms with Gasteiger partial charge < -0.3 is 24.3 Å². The first-order valence-electron chi connectivity index (χ1n) is 10.1. The Labute approximate surface area is 204 Å². The lowest BCUT2D eigenvalue weighted by Crippen LogP contribution is -2.30. The van der Waals surface area contributed by atoms with E-state index in [0.29, 0.717) is 44.8 Å². The van der Waals surface area contributed by atoms with Gasteiger partial charge in [0.25, 0.3) is 5.91 Å². The third-order valence-electron chi connectivity index (χ3n) is 4.69. The SMILES string of the molecule is C[C@H](Oc1cccc(Cl)c1Cl)C(=O)Nc1ccc2oc(-c3cccc(OCC(=O)O)c3)nc2c1. The van der Waals surface area contributed by atoms with Gasteiger partial charge in [0.05, 0.1) is 5.02 Å². The summed E-state index contributed by atoms with van der Waals surface area (Å²) in [5, 5.41) is 12.1. The van der Waals surface area contributed by atoms with Gasteiger partial charge in [-0.25, -0.2) is 9.78 Å². The molecule has 1 heterocycles. The minimum atomic E-state index is -1.07. The molecule has 0 aliphatic heterocycles. The second kappa shape index (κ2) is 10.0. The van der Waals surface area contributed by atoms with Gasteiger partial charge in [0.2, 0.25) is 5.89 Å². The zero-order valence-corrected chi connectivity index (χ0v) is 19.3. The average Bonchev–Trinajstić information content (AvgIpc) is 3.24. The molecule has 2 N–H and O–H groups in total. The van der Waals surface area contributed by atoms with Crippen molar-refractivity contribution >= 4 is 51.9 Å². The molecule has 1 atom stereocenters. The standard InChI is InChI=1S/C24H18Cl2N2O6/c1-13(33-20-7-3-6-17(25)22(20)26)23(31)27-15-8-9-19-18(11-15)28-24(34-19)14-4-2-5-16(10-14)32-12-21(29)30/h2-11,13H,12H2,1H3,(H,27,31)(H,29,30)/t13-/m0/s1. The van der Waals surface area contributed by atoms with Gasteiger partial charge in [-0.15, -0.1) is 0 Å². The second-order valence-corrected chi connectivity index (χ2v) is 8.00. The van der Waals surface area contributed by atoms with Crippen molar-refractivity contribution in [1.29, 1.82) is 0 Å². The molecular weight excluding hydrogens is 483 g/mol. The number of carboxylic acid groups (broad SMARTS) is 1.